The number of ether oxygens (including phenoxy) is 2. The lowest BCUT2D eigenvalue weighted by Gasteiger charge is -2.38. The maximum Gasteiger partial charge on any atom is 0.410 e. The first kappa shape index (κ1) is 27.7. The zero-order valence-electron chi connectivity index (χ0n) is 22.1. The van der Waals surface area contributed by atoms with Crippen molar-refractivity contribution in [2.24, 2.45) is 0 Å². The number of para-hydroxylation sites is 1. The molecule has 1 amide bonds. The number of carbonyl (C=O) groups is 1. The van der Waals surface area contributed by atoms with Gasteiger partial charge in [-0.3, -0.25) is 15.0 Å². The van der Waals surface area contributed by atoms with Crippen LogP contribution in [-0.2, 0) is 15.6 Å². The zero-order chi connectivity index (χ0) is 26.5. The summed E-state index contributed by atoms with van der Waals surface area (Å²) in [7, 11) is -1.97. The van der Waals surface area contributed by atoms with Gasteiger partial charge in [-0.05, 0) is 77.4 Å². The third-order valence-electron chi connectivity index (χ3n) is 5.86. The number of nitro benzene ring substituents is 1. The summed E-state index contributed by atoms with van der Waals surface area (Å²) >= 11 is 0. The highest BCUT2D eigenvalue weighted by atomic mass is 28.4. The van der Waals surface area contributed by atoms with E-state index in [1.165, 1.54) is 12.1 Å². The molecule has 3 rings (SSSR count). The molecule has 0 saturated carbocycles. The molecule has 1 aliphatic rings. The maximum absolute atomic E-state index is 13.5. The molecule has 0 N–H and O–H groups in total. The van der Waals surface area contributed by atoms with E-state index in [0.717, 1.165) is 24.2 Å². The van der Waals surface area contributed by atoms with Crippen molar-refractivity contribution in [1.82, 2.24) is 4.90 Å². The van der Waals surface area contributed by atoms with E-state index >= 15 is 0 Å². The number of amides is 1. The van der Waals surface area contributed by atoms with E-state index in [1.54, 1.807) is 12.1 Å². The molecule has 0 radical (unpaired) electrons. The van der Waals surface area contributed by atoms with Crippen LogP contribution in [0.4, 0.5) is 10.5 Å². The first-order valence-corrected chi connectivity index (χ1v) is 15.8. The van der Waals surface area contributed by atoms with Gasteiger partial charge in [0.1, 0.15) is 18.0 Å². The molecular weight excluding hydrogens is 476 g/mol. The number of hydrogen-bond donors (Lipinski definition) is 0. The summed E-state index contributed by atoms with van der Waals surface area (Å²) in [6.07, 6.45) is 1.42. The van der Waals surface area contributed by atoms with Crippen LogP contribution in [0.25, 0.3) is 0 Å². The van der Waals surface area contributed by atoms with Crippen LogP contribution < -0.4 is 4.74 Å². The Morgan fingerprint density at radius 1 is 1.08 bits per heavy atom. The Morgan fingerprint density at radius 3 is 2.28 bits per heavy atom. The van der Waals surface area contributed by atoms with E-state index < -0.39 is 18.8 Å². The van der Waals surface area contributed by atoms with Gasteiger partial charge in [0.2, 0.25) is 0 Å². The van der Waals surface area contributed by atoms with E-state index in [4.69, 9.17) is 13.9 Å². The molecule has 1 heterocycles. The molecule has 0 aliphatic carbocycles. The Morgan fingerprint density at radius 2 is 1.72 bits per heavy atom. The lowest BCUT2D eigenvalue weighted by molar-refractivity contribution is -0.384. The quantitative estimate of drug-likeness (QED) is 0.225. The minimum atomic E-state index is -1.97. The fraction of sp³-hybridized carbons (Fsp3) is 0.519. The van der Waals surface area contributed by atoms with Crippen LogP contribution in [-0.4, -0.2) is 54.6 Å². The van der Waals surface area contributed by atoms with Crippen molar-refractivity contribution in [2.45, 2.75) is 83.5 Å². The van der Waals surface area contributed by atoms with Gasteiger partial charge < -0.3 is 13.9 Å². The highest BCUT2D eigenvalue weighted by molar-refractivity contribution is 6.69. The van der Waals surface area contributed by atoms with Crippen LogP contribution in [0.2, 0.25) is 19.6 Å². The molecule has 9 heteroatoms. The molecule has 1 aliphatic heterocycles. The maximum atomic E-state index is 13.5. The number of benzene rings is 2. The third kappa shape index (κ3) is 8.06. The van der Waals surface area contributed by atoms with Crippen molar-refractivity contribution < 1.29 is 23.6 Å². The second kappa shape index (κ2) is 11.4. The molecule has 196 valence electrons. The van der Waals surface area contributed by atoms with E-state index in [2.05, 4.69) is 19.6 Å². The van der Waals surface area contributed by atoms with E-state index in [-0.39, 0.29) is 30.0 Å². The van der Waals surface area contributed by atoms with Crippen LogP contribution >= 0.6 is 0 Å². The molecule has 0 spiro atoms. The summed E-state index contributed by atoms with van der Waals surface area (Å²) in [5, 5.41) is 11.0. The highest BCUT2D eigenvalue weighted by Crippen LogP contribution is 2.33. The second-order valence-corrected chi connectivity index (χ2v) is 15.7. The fourth-order valence-corrected chi connectivity index (χ4v) is 5.61. The van der Waals surface area contributed by atoms with Gasteiger partial charge in [-0.1, -0.05) is 30.3 Å². The molecule has 36 heavy (non-hydrogen) atoms. The minimum absolute atomic E-state index is 0.0497. The van der Waals surface area contributed by atoms with Crippen LogP contribution in [0.1, 0.15) is 39.2 Å². The lowest BCUT2D eigenvalue weighted by Crippen LogP contribution is -2.53. The SMILES string of the molecule is CC(C)(C)OC(=O)N1[C@@H](Cc2ccc([N+](=O)[O-])cc2)CC[C@@H]1[C@@H](COc1ccccc1)O[Si](C)(C)C. The number of rotatable bonds is 9. The van der Waals surface area contributed by atoms with Crippen LogP contribution in [0.15, 0.2) is 54.6 Å². The number of hydrogen-bond acceptors (Lipinski definition) is 6. The predicted molar refractivity (Wildman–Crippen MR) is 142 cm³/mol. The molecule has 8 nitrogen and oxygen atoms in total. The van der Waals surface area contributed by atoms with Crippen molar-refractivity contribution in [2.75, 3.05) is 6.61 Å². The van der Waals surface area contributed by atoms with Crippen molar-refractivity contribution in [3.8, 4) is 5.75 Å². The topological polar surface area (TPSA) is 91.1 Å². The average molecular weight is 515 g/mol. The van der Waals surface area contributed by atoms with Crippen molar-refractivity contribution in [3.63, 3.8) is 0 Å². The smallest absolute Gasteiger partial charge is 0.410 e. The number of carbonyl (C=O) groups excluding carboxylic acids is 1. The molecular formula is C27H38N2O6Si. The van der Waals surface area contributed by atoms with Gasteiger partial charge in [-0.15, -0.1) is 0 Å². The summed E-state index contributed by atoms with van der Waals surface area (Å²) in [4.78, 5) is 25.9. The Labute approximate surface area is 214 Å². The van der Waals surface area contributed by atoms with Crippen LogP contribution in [0.3, 0.4) is 0 Å². The zero-order valence-corrected chi connectivity index (χ0v) is 23.1. The normalized spacial score (nSPS) is 19.1. The Hall–Kier alpha value is -2.91. The van der Waals surface area contributed by atoms with E-state index in [0.29, 0.717) is 13.0 Å². The van der Waals surface area contributed by atoms with Crippen molar-refractivity contribution >= 4 is 20.1 Å². The standard InChI is InChI=1S/C27H38N2O6Si/c1-27(2,3)34-26(30)28-22(18-20-12-14-21(15-13-20)29(31)32)16-17-24(28)25(35-36(4,5)6)19-33-23-10-8-7-9-11-23/h7-15,22,24-25H,16-19H2,1-6H3/t22-,24-,25-/m1/s1. The van der Waals surface area contributed by atoms with E-state index in [1.807, 2.05) is 56.0 Å². The van der Waals surface area contributed by atoms with Gasteiger partial charge >= 0.3 is 6.09 Å². The molecule has 1 fully saturated rings. The molecule has 3 atom stereocenters. The Bertz CT molecular complexity index is 1020. The highest BCUT2D eigenvalue weighted by Gasteiger charge is 2.44. The molecule has 2 aromatic carbocycles. The number of nitro groups is 1. The van der Waals surface area contributed by atoms with Crippen LogP contribution in [0.5, 0.6) is 5.75 Å². The number of non-ortho nitro benzene ring substituents is 1. The van der Waals surface area contributed by atoms with Gasteiger partial charge in [-0.25, -0.2) is 4.79 Å². The van der Waals surface area contributed by atoms with Gasteiger partial charge in [0.15, 0.2) is 8.32 Å². The lowest BCUT2D eigenvalue weighted by atomic mass is 10.0. The molecule has 1 saturated heterocycles. The Balaban J connectivity index is 1.86. The third-order valence-corrected chi connectivity index (χ3v) is 6.87. The predicted octanol–water partition coefficient (Wildman–Crippen LogP) is 6.20. The summed E-state index contributed by atoms with van der Waals surface area (Å²) in [5.41, 5.74) is 0.342. The second-order valence-electron chi connectivity index (χ2n) is 11.2. The molecule has 2 aromatic rings. The first-order valence-electron chi connectivity index (χ1n) is 12.4. The Kier molecular flexibility index (Phi) is 8.79. The summed E-state index contributed by atoms with van der Waals surface area (Å²) in [5.74, 6) is 0.755. The largest absolute Gasteiger partial charge is 0.491 e. The van der Waals surface area contributed by atoms with Crippen molar-refractivity contribution in [1.29, 1.82) is 0 Å². The van der Waals surface area contributed by atoms with Gasteiger partial charge in [0.05, 0.1) is 17.1 Å². The summed E-state index contributed by atoms with van der Waals surface area (Å²) < 4.78 is 18.5. The monoisotopic (exact) mass is 514 g/mol. The molecule has 0 aromatic heterocycles. The van der Waals surface area contributed by atoms with Gasteiger partial charge in [0, 0.05) is 18.2 Å². The van der Waals surface area contributed by atoms with Crippen molar-refractivity contribution in [3.05, 3.63) is 70.3 Å². The van der Waals surface area contributed by atoms with E-state index in [9.17, 15) is 14.9 Å². The fourth-order valence-electron chi connectivity index (χ4n) is 4.48. The number of nitrogens with zero attached hydrogens (tertiary/aromatic N) is 2. The number of likely N-dealkylation sites (tertiary alicyclic amines) is 1. The van der Waals surface area contributed by atoms with Gasteiger partial charge in [-0.2, -0.15) is 0 Å². The summed E-state index contributed by atoms with van der Waals surface area (Å²) in [6, 6.07) is 15.8. The molecule has 0 bridgehead atoms. The summed E-state index contributed by atoms with van der Waals surface area (Å²) in [6.45, 7) is 12.3. The molecule has 0 unspecified atom stereocenters. The minimum Gasteiger partial charge on any atom is -0.491 e. The van der Waals surface area contributed by atoms with Crippen LogP contribution in [0, 0.1) is 10.1 Å². The average Bonchev–Trinajstić information content (AvgIpc) is 3.19. The first-order chi connectivity index (χ1) is 16.8. The van der Waals surface area contributed by atoms with Gasteiger partial charge in [0.25, 0.3) is 5.69 Å².